The van der Waals surface area contributed by atoms with Crippen molar-refractivity contribution in [3.8, 4) is 6.07 Å². The number of nitriles is 1. The normalized spacial score (nSPS) is 2.86. The maximum Gasteiger partial charge on any atom is 1.00 e. The monoisotopic (exact) mass is 111 g/mol. The maximum atomic E-state index is 8.36. The van der Waals surface area contributed by atoms with Gasteiger partial charge in [0.2, 0.25) is 0 Å². The number of carboxylic acid groups (broad SMARTS) is 1. The van der Waals surface area contributed by atoms with Crippen molar-refractivity contribution in [2.75, 3.05) is 0 Å². The van der Waals surface area contributed by atoms with E-state index in [2.05, 4.69) is 0 Å². The van der Waals surface area contributed by atoms with Gasteiger partial charge in [0.25, 0.3) is 6.47 Å². The molecule has 0 aliphatic rings. The molecule has 36 valence electrons. The fraction of sp³-hybridized carbons (Fsp3) is 0.333. The summed E-state index contributed by atoms with van der Waals surface area (Å²) in [5.41, 5.74) is 0. The van der Waals surface area contributed by atoms with E-state index in [1.807, 2.05) is 0 Å². The summed E-state index contributed by atoms with van der Waals surface area (Å²) in [6.07, 6.45) is 0. The summed E-state index contributed by atoms with van der Waals surface area (Å²) >= 11 is 0. The van der Waals surface area contributed by atoms with Crippen molar-refractivity contribution in [3.63, 3.8) is 0 Å². The summed E-state index contributed by atoms with van der Waals surface area (Å²) < 4.78 is 0. The topological polar surface area (TPSA) is 61.1 Å². The SMILES string of the molecule is CC#N.O=CO.[H-].[Na+]. The third-order valence-electron chi connectivity index (χ3n) is 0. The third-order valence-corrected chi connectivity index (χ3v) is 0. The number of rotatable bonds is 0. The van der Waals surface area contributed by atoms with Crippen LogP contribution in [0.15, 0.2) is 0 Å². The molecule has 0 fully saturated rings. The smallest absolute Gasteiger partial charge is 1.00 e. The number of carbonyl (C=O) groups is 1. The molecule has 0 saturated heterocycles. The van der Waals surface area contributed by atoms with Crippen LogP contribution < -0.4 is 29.6 Å². The van der Waals surface area contributed by atoms with Gasteiger partial charge in [-0.15, -0.1) is 0 Å². The Hall–Kier alpha value is -0.0400. The molecular weight excluding hydrogens is 105 g/mol. The Labute approximate surface area is 65.7 Å². The molecular formula is C3H6NNaO2. The number of hydrogen-bond donors (Lipinski definition) is 1. The van der Waals surface area contributed by atoms with E-state index >= 15 is 0 Å². The zero-order valence-electron chi connectivity index (χ0n) is 5.38. The van der Waals surface area contributed by atoms with Crippen LogP contribution in [0.1, 0.15) is 8.35 Å². The minimum atomic E-state index is -0.250. The molecule has 0 aromatic rings. The molecule has 0 aliphatic carbocycles. The summed E-state index contributed by atoms with van der Waals surface area (Å²) in [6.45, 7) is 1.18. The second-order valence-electron chi connectivity index (χ2n) is 0.329. The molecule has 0 atom stereocenters. The van der Waals surface area contributed by atoms with E-state index in [4.69, 9.17) is 15.2 Å². The minimum Gasteiger partial charge on any atom is -1.00 e. The van der Waals surface area contributed by atoms with E-state index in [-0.39, 0.29) is 37.5 Å². The van der Waals surface area contributed by atoms with Crippen LogP contribution in [0.5, 0.6) is 0 Å². The molecule has 1 N–H and O–H groups in total. The van der Waals surface area contributed by atoms with Crippen LogP contribution >= 0.6 is 0 Å². The second-order valence-corrected chi connectivity index (χ2v) is 0.329. The fourth-order valence-corrected chi connectivity index (χ4v) is 0. The Morgan fingerprint density at radius 2 is 2.00 bits per heavy atom. The molecule has 0 radical (unpaired) electrons. The Morgan fingerprint density at radius 1 is 2.00 bits per heavy atom. The molecule has 0 spiro atoms. The summed E-state index contributed by atoms with van der Waals surface area (Å²) in [7, 11) is 0. The predicted octanol–water partition coefficient (Wildman–Crippen LogP) is -2.65. The molecule has 0 saturated carbocycles. The summed E-state index contributed by atoms with van der Waals surface area (Å²) in [4.78, 5) is 8.36. The zero-order valence-corrected chi connectivity index (χ0v) is 6.38. The number of nitrogens with zero attached hydrogens (tertiary/aromatic N) is 1. The van der Waals surface area contributed by atoms with E-state index in [9.17, 15) is 0 Å². The summed E-state index contributed by atoms with van der Waals surface area (Å²) in [5, 5.41) is 14.2. The summed E-state index contributed by atoms with van der Waals surface area (Å²) in [5.74, 6) is 0. The Kier molecular flexibility index (Phi) is 86.0. The summed E-state index contributed by atoms with van der Waals surface area (Å²) in [6, 6.07) is 1.75. The average molecular weight is 111 g/mol. The third kappa shape index (κ3) is 58400. The molecule has 0 aromatic carbocycles. The minimum absolute atomic E-state index is 0. The predicted molar refractivity (Wildman–Crippen MR) is 21.1 cm³/mol. The molecule has 0 amide bonds. The van der Waals surface area contributed by atoms with Crippen molar-refractivity contribution < 1.29 is 40.9 Å². The van der Waals surface area contributed by atoms with E-state index in [1.165, 1.54) is 6.92 Å². The standard InChI is InChI=1S/C2H3N.CH2O2.Na.H/c1-2-3;2-1-3;;/h1H3;1H,(H,2,3);;/q;;+1;-1. The van der Waals surface area contributed by atoms with Gasteiger partial charge in [-0.25, -0.2) is 0 Å². The maximum absolute atomic E-state index is 8.36. The first kappa shape index (κ1) is 15.8. The number of hydrogen-bond acceptors (Lipinski definition) is 2. The van der Waals surface area contributed by atoms with Crippen molar-refractivity contribution in [1.82, 2.24) is 0 Å². The Morgan fingerprint density at radius 3 is 2.00 bits per heavy atom. The Balaban J connectivity index is -0.0000000160. The largest absolute Gasteiger partial charge is 1.00 e. The van der Waals surface area contributed by atoms with Gasteiger partial charge in [-0.05, 0) is 0 Å². The van der Waals surface area contributed by atoms with E-state index in [0.29, 0.717) is 0 Å². The Bertz CT molecular complexity index is 62.8. The van der Waals surface area contributed by atoms with Crippen LogP contribution in [-0.2, 0) is 4.79 Å². The van der Waals surface area contributed by atoms with Crippen LogP contribution in [0.2, 0.25) is 0 Å². The molecule has 7 heavy (non-hydrogen) atoms. The van der Waals surface area contributed by atoms with Crippen LogP contribution in [0.25, 0.3) is 0 Å². The van der Waals surface area contributed by atoms with E-state index in [0.717, 1.165) is 0 Å². The quantitative estimate of drug-likeness (QED) is 0.274. The van der Waals surface area contributed by atoms with Gasteiger partial charge in [0.1, 0.15) is 0 Å². The average Bonchev–Trinajstić information content (AvgIpc) is 1.39. The molecule has 0 unspecified atom stereocenters. The van der Waals surface area contributed by atoms with Gasteiger partial charge in [-0.2, -0.15) is 5.26 Å². The second kappa shape index (κ2) is 38.2. The van der Waals surface area contributed by atoms with Gasteiger partial charge in [-0.1, -0.05) is 0 Å². The van der Waals surface area contributed by atoms with Crippen LogP contribution in [0.4, 0.5) is 0 Å². The van der Waals surface area contributed by atoms with Crippen LogP contribution in [0.3, 0.4) is 0 Å². The van der Waals surface area contributed by atoms with Gasteiger partial charge < -0.3 is 6.53 Å². The van der Waals surface area contributed by atoms with Crippen molar-refractivity contribution in [2.45, 2.75) is 6.92 Å². The molecule has 4 heteroatoms. The van der Waals surface area contributed by atoms with Crippen LogP contribution in [0, 0.1) is 11.3 Å². The molecule has 3 nitrogen and oxygen atoms in total. The first-order valence-corrected chi connectivity index (χ1v) is 1.22. The van der Waals surface area contributed by atoms with Gasteiger partial charge >= 0.3 is 29.6 Å². The van der Waals surface area contributed by atoms with Crippen molar-refractivity contribution in [1.29, 1.82) is 5.26 Å². The van der Waals surface area contributed by atoms with Gasteiger partial charge in [-0.3, -0.25) is 4.79 Å². The molecule has 0 bridgehead atoms. The van der Waals surface area contributed by atoms with Gasteiger partial charge in [0.15, 0.2) is 0 Å². The molecule has 0 aromatic heterocycles. The van der Waals surface area contributed by atoms with E-state index < -0.39 is 0 Å². The molecule has 0 rings (SSSR count). The molecule has 0 aliphatic heterocycles. The van der Waals surface area contributed by atoms with Crippen molar-refractivity contribution in [3.05, 3.63) is 0 Å². The van der Waals surface area contributed by atoms with Crippen molar-refractivity contribution in [2.24, 2.45) is 0 Å². The first-order valence-electron chi connectivity index (χ1n) is 1.22. The van der Waals surface area contributed by atoms with E-state index in [1.54, 1.807) is 6.07 Å². The zero-order chi connectivity index (χ0) is 5.41. The molecule has 0 heterocycles. The van der Waals surface area contributed by atoms with Crippen LogP contribution in [-0.4, -0.2) is 11.6 Å². The van der Waals surface area contributed by atoms with Gasteiger partial charge in [0.05, 0.1) is 6.07 Å². The van der Waals surface area contributed by atoms with Gasteiger partial charge in [0, 0.05) is 6.92 Å². The fourth-order valence-electron chi connectivity index (χ4n) is 0. The van der Waals surface area contributed by atoms with Crippen molar-refractivity contribution >= 4 is 6.47 Å². The first-order chi connectivity index (χ1) is 2.83.